The minimum Gasteiger partial charge on any atom is -0.480 e. The monoisotopic (exact) mass is 327 g/mol. The van der Waals surface area contributed by atoms with Gasteiger partial charge in [0.25, 0.3) is 0 Å². The number of carbonyl (C=O) groups is 1. The SMILES string of the molecule is C#CCCC1(CCC(=O)NCc2nnc3ccc(OC)nn23)N=N1. The molecule has 0 aliphatic carbocycles. The molecule has 0 fully saturated rings. The van der Waals surface area contributed by atoms with Gasteiger partial charge in [-0.25, -0.2) is 0 Å². The van der Waals surface area contributed by atoms with Gasteiger partial charge >= 0.3 is 0 Å². The number of fused-ring (bicyclic) bond motifs is 1. The van der Waals surface area contributed by atoms with E-state index < -0.39 is 5.66 Å². The summed E-state index contributed by atoms with van der Waals surface area (Å²) in [7, 11) is 1.53. The molecule has 2 aromatic rings. The average molecular weight is 327 g/mol. The summed E-state index contributed by atoms with van der Waals surface area (Å²) in [6.45, 7) is 0.228. The van der Waals surface area contributed by atoms with Gasteiger partial charge in [0.2, 0.25) is 11.8 Å². The Morgan fingerprint density at radius 1 is 1.38 bits per heavy atom. The van der Waals surface area contributed by atoms with Crippen LogP contribution in [0.5, 0.6) is 5.88 Å². The zero-order valence-corrected chi connectivity index (χ0v) is 13.3. The summed E-state index contributed by atoms with van der Waals surface area (Å²) >= 11 is 0. The molecule has 3 heterocycles. The molecule has 124 valence electrons. The quantitative estimate of drug-likeness (QED) is 0.731. The molecule has 9 nitrogen and oxygen atoms in total. The Morgan fingerprint density at radius 2 is 2.21 bits per heavy atom. The van der Waals surface area contributed by atoms with E-state index in [4.69, 9.17) is 11.2 Å². The Hall–Kier alpha value is -3.02. The van der Waals surface area contributed by atoms with Crippen LogP contribution < -0.4 is 10.1 Å². The number of carbonyl (C=O) groups excluding carboxylic acids is 1. The first-order chi connectivity index (χ1) is 11.7. The molecule has 1 aliphatic heterocycles. The largest absolute Gasteiger partial charge is 0.480 e. The van der Waals surface area contributed by atoms with Crippen molar-refractivity contribution in [3.63, 3.8) is 0 Å². The fourth-order valence-electron chi connectivity index (χ4n) is 2.28. The molecule has 0 aromatic carbocycles. The van der Waals surface area contributed by atoms with E-state index >= 15 is 0 Å². The highest BCUT2D eigenvalue weighted by Crippen LogP contribution is 2.37. The minimum absolute atomic E-state index is 0.105. The van der Waals surface area contributed by atoms with Crippen molar-refractivity contribution in [2.75, 3.05) is 7.11 Å². The minimum atomic E-state index is -0.444. The molecule has 1 N–H and O–H groups in total. The summed E-state index contributed by atoms with van der Waals surface area (Å²) in [5.41, 5.74) is 0.143. The van der Waals surface area contributed by atoms with E-state index in [1.165, 1.54) is 7.11 Å². The van der Waals surface area contributed by atoms with Crippen molar-refractivity contribution in [3.8, 4) is 18.2 Å². The van der Waals surface area contributed by atoms with Gasteiger partial charge in [-0.05, 0) is 6.07 Å². The number of nitrogens with zero attached hydrogens (tertiary/aromatic N) is 6. The summed E-state index contributed by atoms with van der Waals surface area (Å²) in [6, 6.07) is 3.44. The lowest BCUT2D eigenvalue weighted by atomic mass is 10.0. The molecule has 0 saturated heterocycles. The highest BCUT2D eigenvalue weighted by atomic mass is 16.5. The van der Waals surface area contributed by atoms with Crippen molar-refractivity contribution in [2.45, 2.75) is 37.9 Å². The van der Waals surface area contributed by atoms with Gasteiger partial charge in [0.05, 0.1) is 13.7 Å². The van der Waals surface area contributed by atoms with Crippen molar-refractivity contribution < 1.29 is 9.53 Å². The van der Waals surface area contributed by atoms with Crippen LogP contribution >= 0.6 is 0 Å². The van der Waals surface area contributed by atoms with Crippen LogP contribution in [0.4, 0.5) is 0 Å². The number of nitrogens with one attached hydrogen (secondary N) is 1. The Kier molecular flexibility index (Phi) is 4.37. The van der Waals surface area contributed by atoms with Crippen LogP contribution in [-0.2, 0) is 11.3 Å². The molecule has 0 saturated carbocycles. The highest BCUT2D eigenvalue weighted by molar-refractivity contribution is 5.75. The number of amides is 1. The molecule has 1 amide bonds. The topological polar surface area (TPSA) is 106 Å². The lowest BCUT2D eigenvalue weighted by Gasteiger charge is -2.08. The third-order valence-corrected chi connectivity index (χ3v) is 3.76. The van der Waals surface area contributed by atoms with E-state index in [1.54, 1.807) is 16.6 Å². The van der Waals surface area contributed by atoms with Gasteiger partial charge in [0.15, 0.2) is 17.1 Å². The van der Waals surface area contributed by atoms with Crippen LogP contribution in [0.3, 0.4) is 0 Å². The first-order valence-corrected chi connectivity index (χ1v) is 7.55. The van der Waals surface area contributed by atoms with Gasteiger partial charge in [-0.2, -0.15) is 14.7 Å². The van der Waals surface area contributed by atoms with Gasteiger partial charge in [-0.1, -0.05) is 0 Å². The number of hydrogen-bond donors (Lipinski definition) is 1. The van der Waals surface area contributed by atoms with Crippen LogP contribution in [0.25, 0.3) is 5.65 Å². The Balaban J connectivity index is 1.52. The first-order valence-electron chi connectivity index (χ1n) is 7.55. The number of hydrogen-bond acceptors (Lipinski definition) is 7. The average Bonchev–Trinajstić information content (AvgIpc) is 3.27. The standard InChI is InChI=1S/C15H17N7O2/c1-3-4-8-15(20-21-15)9-7-13(23)16-10-12-18-17-11-5-6-14(24-2)19-22(11)12/h1,5-6H,4,7-10H2,2H3,(H,16,23). The first kappa shape index (κ1) is 15.9. The van der Waals surface area contributed by atoms with Gasteiger partial charge in [-0.15, -0.1) is 27.6 Å². The Bertz CT molecular complexity index is 815. The molecule has 9 heteroatoms. The normalized spacial score (nSPS) is 14.3. The fourth-order valence-corrected chi connectivity index (χ4v) is 2.28. The van der Waals surface area contributed by atoms with E-state index in [1.807, 2.05) is 0 Å². The van der Waals surface area contributed by atoms with Gasteiger partial charge in [0.1, 0.15) is 0 Å². The van der Waals surface area contributed by atoms with Gasteiger partial charge in [-0.3, -0.25) is 4.79 Å². The Labute approximate surface area is 138 Å². The molecule has 0 bridgehead atoms. The van der Waals surface area contributed by atoms with Crippen LogP contribution in [0.15, 0.2) is 22.4 Å². The summed E-state index contributed by atoms with van der Waals surface area (Å²) in [5.74, 6) is 3.44. The predicted molar refractivity (Wildman–Crippen MR) is 84.1 cm³/mol. The van der Waals surface area contributed by atoms with E-state index in [9.17, 15) is 4.79 Å². The number of terminal acetylenes is 1. The maximum atomic E-state index is 12.0. The molecule has 0 radical (unpaired) electrons. The fraction of sp³-hybridized carbons (Fsp3) is 0.467. The molecule has 0 atom stereocenters. The maximum Gasteiger partial charge on any atom is 0.231 e. The second-order valence-corrected chi connectivity index (χ2v) is 5.43. The second-order valence-electron chi connectivity index (χ2n) is 5.43. The highest BCUT2D eigenvalue weighted by Gasteiger charge is 2.39. The van der Waals surface area contributed by atoms with Gasteiger partial charge < -0.3 is 10.1 Å². The second kappa shape index (κ2) is 6.62. The van der Waals surface area contributed by atoms with E-state index in [0.29, 0.717) is 43.0 Å². The van der Waals surface area contributed by atoms with E-state index in [-0.39, 0.29) is 12.5 Å². The predicted octanol–water partition coefficient (Wildman–Crippen LogP) is 1.10. The molecule has 0 spiro atoms. The van der Waals surface area contributed by atoms with Crippen molar-refractivity contribution >= 4 is 11.6 Å². The lowest BCUT2D eigenvalue weighted by Crippen LogP contribution is -2.26. The number of aromatic nitrogens is 4. The molecule has 24 heavy (non-hydrogen) atoms. The number of methoxy groups -OCH3 is 1. The molecule has 2 aromatic heterocycles. The third-order valence-electron chi connectivity index (χ3n) is 3.76. The smallest absolute Gasteiger partial charge is 0.231 e. The molecule has 1 aliphatic rings. The molecule has 0 unspecified atom stereocenters. The number of rotatable bonds is 8. The number of ether oxygens (including phenoxy) is 1. The van der Waals surface area contributed by atoms with Crippen LogP contribution in [0, 0.1) is 12.3 Å². The van der Waals surface area contributed by atoms with Crippen LogP contribution in [-0.4, -0.2) is 38.5 Å². The summed E-state index contributed by atoms with van der Waals surface area (Å²) < 4.78 is 6.62. The molecular weight excluding hydrogens is 310 g/mol. The van der Waals surface area contributed by atoms with Gasteiger partial charge in [0, 0.05) is 31.7 Å². The summed E-state index contributed by atoms with van der Waals surface area (Å²) in [4.78, 5) is 12.0. The lowest BCUT2D eigenvalue weighted by molar-refractivity contribution is -0.121. The Morgan fingerprint density at radius 3 is 2.92 bits per heavy atom. The van der Waals surface area contributed by atoms with Crippen molar-refractivity contribution in [3.05, 3.63) is 18.0 Å². The molecular formula is C15H17N7O2. The van der Waals surface area contributed by atoms with Crippen LogP contribution in [0.2, 0.25) is 0 Å². The molecule has 3 rings (SSSR count). The zero-order chi connectivity index (χ0) is 17.0. The van der Waals surface area contributed by atoms with Crippen molar-refractivity contribution in [2.24, 2.45) is 10.2 Å². The zero-order valence-electron chi connectivity index (χ0n) is 13.3. The third kappa shape index (κ3) is 3.48. The van der Waals surface area contributed by atoms with E-state index in [2.05, 4.69) is 36.8 Å². The van der Waals surface area contributed by atoms with Crippen molar-refractivity contribution in [1.29, 1.82) is 0 Å². The summed E-state index contributed by atoms with van der Waals surface area (Å²) in [5, 5.41) is 23.1. The van der Waals surface area contributed by atoms with E-state index in [0.717, 1.165) is 0 Å². The van der Waals surface area contributed by atoms with Crippen LogP contribution in [0.1, 0.15) is 31.5 Å². The maximum absolute atomic E-state index is 12.0. The van der Waals surface area contributed by atoms with Crippen molar-refractivity contribution in [1.82, 2.24) is 25.1 Å². The summed E-state index contributed by atoms with van der Waals surface area (Å²) in [6.07, 6.45) is 7.43.